The van der Waals surface area contributed by atoms with Gasteiger partial charge in [-0.25, -0.2) is 9.78 Å². The summed E-state index contributed by atoms with van der Waals surface area (Å²) in [6.07, 6.45) is 5.22. The Balaban J connectivity index is 1.70. The van der Waals surface area contributed by atoms with E-state index < -0.39 is 0 Å². The average Bonchev–Trinajstić information content (AvgIpc) is 3.16. The molecule has 25 heavy (non-hydrogen) atoms. The number of amides is 3. The fourth-order valence-corrected chi connectivity index (χ4v) is 2.27. The predicted molar refractivity (Wildman–Crippen MR) is 96.0 cm³/mol. The summed E-state index contributed by atoms with van der Waals surface area (Å²) >= 11 is 0. The van der Waals surface area contributed by atoms with Crippen LogP contribution in [0.4, 0.5) is 16.2 Å². The van der Waals surface area contributed by atoms with Gasteiger partial charge in [-0.3, -0.25) is 4.79 Å². The highest BCUT2D eigenvalue weighted by atomic mass is 16.2. The van der Waals surface area contributed by atoms with E-state index >= 15 is 0 Å². The van der Waals surface area contributed by atoms with E-state index in [0.717, 1.165) is 5.69 Å². The Morgan fingerprint density at radius 1 is 1.00 bits per heavy atom. The van der Waals surface area contributed by atoms with Gasteiger partial charge < -0.3 is 20.5 Å². The summed E-state index contributed by atoms with van der Waals surface area (Å²) in [6.45, 7) is 0. The third kappa shape index (κ3) is 4.03. The first kappa shape index (κ1) is 16.3. The maximum absolute atomic E-state index is 12.4. The molecular formula is C18H17N5O2. The Kier molecular flexibility index (Phi) is 4.75. The maximum atomic E-state index is 12.4. The molecule has 2 aromatic carbocycles. The van der Waals surface area contributed by atoms with Gasteiger partial charge in [0.15, 0.2) is 0 Å². The van der Waals surface area contributed by atoms with Crippen LogP contribution in [-0.4, -0.2) is 28.5 Å². The second kappa shape index (κ2) is 7.31. The van der Waals surface area contributed by atoms with Crippen molar-refractivity contribution in [1.82, 2.24) is 14.9 Å². The molecule has 0 saturated heterocycles. The van der Waals surface area contributed by atoms with Gasteiger partial charge >= 0.3 is 6.03 Å². The molecule has 0 aliphatic rings. The molecular weight excluding hydrogens is 318 g/mol. The Labute approximate surface area is 144 Å². The molecule has 0 bridgehead atoms. The van der Waals surface area contributed by atoms with Crippen molar-refractivity contribution in [2.24, 2.45) is 0 Å². The summed E-state index contributed by atoms with van der Waals surface area (Å²) in [7, 11) is 1.54. The van der Waals surface area contributed by atoms with Crippen LogP contribution in [0.25, 0.3) is 5.69 Å². The van der Waals surface area contributed by atoms with Crippen molar-refractivity contribution < 1.29 is 9.59 Å². The van der Waals surface area contributed by atoms with E-state index in [1.165, 1.54) is 7.05 Å². The first-order valence-electron chi connectivity index (χ1n) is 7.64. The fourth-order valence-electron chi connectivity index (χ4n) is 2.27. The van der Waals surface area contributed by atoms with E-state index in [2.05, 4.69) is 20.9 Å². The largest absolute Gasteiger partial charge is 0.341 e. The summed E-state index contributed by atoms with van der Waals surface area (Å²) in [5.74, 6) is -0.228. The summed E-state index contributed by atoms with van der Waals surface area (Å²) in [6, 6.07) is 13.8. The van der Waals surface area contributed by atoms with Crippen LogP contribution in [0, 0.1) is 0 Å². The number of benzene rings is 2. The van der Waals surface area contributed by atoms with Crippen LogP contribution in [0.1, 0.15) is 10.4 Å². The highest BCUT2D eigenvalue weighted by molar-refractivity contribution is 6.04. The number of nitrogens with zero attached hydrogens (tertiary/aromatic N) is 2. The number of carbonyl (C=O) groups is 2. The summed E-state index contributed by atoms with van der Waals surface area (Å²) < 4.78 is 1.86. The minimum atomic E-state index is -0.321. The number of hydrogen-bond donors (Lipinski definition) is 3. The molecule has 0 aliphatic heterocycles. The van der Waals surface area contributed by atoms with Crippen molar-refractivity contribution in [3.63, 3.8) is 0 Å². The molecule has 3 rings (SSSR count). The molecule has 0 unspecified atom stereocenters. The molecule has 126 valence electrons. The number of aromatic nitrogens is 2. The number of rotatable bonds is 4. The molecule has 0 radical (unpaired) electrons. The quantitative estimate of drug-likeness (QED) is 0.685. The van der Waals surface area contributed by atoms with E-state index in [0.29, 0.717) is 16.9 Å². The molecule has 0 saturated carbocycles. The number of anilines is 2. The molecule has 3 amide bonds. The predicted octanol–water partition coefficient (Wildman–Crippen LogP) is 2.88. The zero-order chi connectivity index (χ0) is 17.6. The van der Waals surface area contributed by atoms with Crippen LogP contribution in [-0.2, 0) is 0 Å². The van der Waals surface area contributed by atoms with Crippen LogP contribution < -0.4 is 16.0 Å². The SMILES string of the molecule is CNC(=O)Nc1cccc(NC(=O)c2ccc(-n3ccnc3)cc2)c1. The molecule has 0 fully saturated rings. The third-order valence-corrected chi connectivity index (χ3v) is 3.54. The lowest BCUT2D eigenvalue weighted by atomic mass is 10.2. The highest BCUT2D eigenvalue weighted by Crippen LogP contribution is 2.17. The van der Waals surface area contributed by atoms with Crippen molar-refractivity contribution >= 4 is 23.3 Å². The molecule has 0 atom stereocenters. The standard InChI is InChI=1S/C18H17N5O2/c1-19-18(25)22-15-4-2-3-14(11-15)21-17(24)13-5-7-16(8-6-13)23-10-9-20-12-23/h2-12H,1H3,(H,21,24)(H2,19,22,25). The number of hydrogen-bond acceptors (Lipinski definition) is 3. The molecule has 7 heteroatoms. The maximum Gasteiger partial charge on any atom is 0.318 e. The second-order valence-corrected chi connectivity index (χ2v) is 5.26. The first-order chi connectivity index (χ1) is 12.2. The van der Waals surface area contributed by atoms with Gasteiger partial charge in [0, 0.05) is 42.1 Å². The van der Waals surface area contributed by atoms with Gasteiger partial charge in [-0.2, -0.15) is 0 Å². The van der Waals surface area contributed by atoms with Gasteiger partial charge in [0.05, 0.1) is 6.33 Å². The van der Waals surface area contributed by atoms with Crippen LogP contribution in [0.3, 0.4) is 0 Å². The molecule has 0 aliphatic carbocycles. The number of imidazole rings is 1. The van der Waals surface area contributed by atoms with Gasteiger partial charge in [-0.15, -0.1) is 0 Å². The van der Waals surface area contributed by atoms with Gasteiger partial charge in [0.1, 0.15) is 0 Å². The van der Waals surface area contributed by atoms with E-state index in [9.17, 15) is 9.59 Å². The molecule has 0 spiro atoms. The van der Waals surface area contributed by atoms with E-state index in [4.69, 9.17) is 0 Å². The first-order valence-corrected chi connectivity index (χ1v) is 7.64. The van der Waals surface area contributed by atoms with Crippen molar-refractivity contribution in [1.29, 1.82) is 0 Å². The zero-order valence-electron chi connectivity index (χ0n) is 13.6. The summed E-state index contributed by atoms with van der Waals surface area (Å²) in [5.41, 5.74) is 2.64. The van der Waals surface area contributed by atoms with E-state index in [-0.39, 0.29) is 11.9 Å². The molecule has 3 N–H and O–H groups in total. The van der Waals surface area contributed by atoms with Crippen molar-refractivity contribution in [3.05, 3.63) is 72.8 Å². The van der Waals surface area contributed by atoms with E-state index in [1.807, 2.05) is 22.9 Å². The molecule has 3 aromatic rings. The van der Waals surface area contributed by atoms with Gasteiger partial charge in [-0.05, 0) is 42.5 Å². The Bertz CT molecular complexity index is 873. The lowest BCUT2D eigenvalue weighted by molar-refractivity contribution is 0.102. The molecule has 7 nitrogen and oxygen atoms in total. The van der Waals surface area contributed by atoms with Gasteiger partial charge in [0.25, 0.3) is 5.91 Å². The lowest BCUT2D eigenvalue weighted by Gasteiger charge is -2.09. The highest BCUT2D eigenvalue weighted by Gasteiger charge is 2.07. The number of carbonyl (C=O) groups excluding carboxylic acids is 2. The smallest absolute Gasteiger partial charge is 0.318 e. The monoisotopic (exact) mass is 335 g/mol. The number of nitrogens with one attached hydrogen (secondary N) is 3. The average molecular weight is 335 g/mol. The zero-order valence-corrected chi connectivity index (χ0v) is 13.6. The fraction of sp³-hybridized carbons (Fsp3) is 0.0556. The van der Waals surface area contributed by atoms with Crippen molar-refractivity contribution in [2.45, 2.75) is 0 Å². The minimum absolute atomic E-state index is 0.228. The number of urea groups is 1. The molecule has 1 aromatic heterocycles. The topological polar surface area (TPSA) is 88.0 Å². The minimum Gasteiger partial charge on any atom is -0.341 e. The normalized spacial score (nSPS) is 10.1. The van der Waals surface area contributed by atoms with Gasteiger partial charge in [-0.1, -0.05) is 6.07 Å². The Morgan fingerprint density at radius 3 is 2.36 bits per heavy atom. The summed E-state index contributed by atoms with van der Waals surface area (Å²) in [4.78, 5) is 27.7. The van der Waals surface area contributed by atoms with Crippen LogP contribution >= 0.6 is 0 Å². The lowest BCUT2D eigenvalue weighted by Crippen LogP contribution is -2.24. The van der Waals surface area contributed by atoms with Crippen LogP contribution in [0.2, 0.25) is 0 Å². The molecule has 1 heterocycles. The van der Waals surface area contributed by atoms with Crippen molar-refractivity contribution in [3.8, 4) is 5.69 Å². The van der Waals surface area contributed by atoms with Crippen LogP contribution in [0.5, 0.6) is 0 Å². The second-order valence-electron chi connectivity index (χ2n) is 5.26. The Morgan fingerprint density at radius 2 is 1.72 bits per heavy atom. The third-order valence-electron chi connectivity index (χ3n) is 3.54. The van der Waals surface area contributed by atoms with E-state index in [1.54, 1.807) is 48.9 Å². The Hall–Kier alpha value is -3.61. The summed E-state index contributed by atoms with van der Waals surface area (Å²) in [5, 5.41) is 7.94. The van der Waals surface area contributed by atoms with Crippen LogP contribution in [0.15, 0.2) is 67.3 Å². The van der Waals surface area contributed by atoms with Gasteiger partial charge in [0.2, 0.25) is 0 Å². The van der Waals surface area contributed by atoms with Crippen molar-refractivity contribution in [2.75, 3.05) is 17.7 Å².